The molecule has 0 saturated heterocycles. The van der Waals surface area contributed by atoms with E-state index in [0.29, 0.717) is 23.7 Å². The molecule has 0 aliphatic heterocycles. The van der Waals surface area contributed by atoms with Gasteiger partial charge in [0.25, 0.3) is 0 Å². The van der Waals surface area contributed by atoms with E-state index in [2.05, 4.69) is 6.92 Å². The number of fused-ring (bicyclic) bond motifs is 5. The van der Waals surface area contributed by atoms with Crippen LogP contribution < -0.4 is 11.6 Å². The van der Waals surface area contributed by atoms with Crippen molar-refractivity contribution < 1.29 is 14.6 Å². The summed E-state index contributed by atoms with van der Waals surface area (Å²) in [5.74, 6) is 9.32. The van der Waals surface area contributed by atoms with Gasteiger partial charge in [0.1, 0.15) is 0 Å². The molecule has 0 spiro atoms. The Labute approximate surface area is 181 Å². The lowest BCUT2D eigenvalue weighted by molar-refractivity contribution is -0.155. The van der Waals surface area contributed by atoms with Crippen molar-refractivity contribution in [3.63, 3.8) is 0 Å². The van der Waals surface area contributed by atoms with Crippen LogP contribution >= 0.6 is 0 Å². The maximum atomic E-state index is 13.1. The summed E-state index contributed by atoms with van der Waals surface area (Å²) in [5, 5.41) is 12.1. The third-order valence-corrected chi connectivity index (χ3v) is 9.57. The van der Waals surface area contributed by atoms with Crippen molar-refractivity contribution in [2.75, 3.05) is 13.7 Å². The van der Waals surface area contributed by atoms with Crippen LogP contribution in [-0.4, -0.2) is 41.3 Å². The monoisotopic (exact) mass is 419 g/mol. The summed E-state index contributed by atoms with van der Waals surface area (Å²) in [6.45, 7) is 4.59. The van der Waals surface area contributed by atoms with Gasteiger partial charge in [0.15, 0.2) is 5.78 Å². The number of carbonyl (C=O) groups excluding carboxylic acids is 1. The maximum Gasteiger partial charge on any atom is 0.157 e. The molecule has 6 heteroatoms. The van der Waals surface area contributed by atoms with Crippen LogP contribution in [0.5, 0.6) is 0 Å². The van der Waals surface area contributed by atoms with Crippen LogP contribution in [0, 0.1) is 40.9 Å². The van der Waals surface area contributed by atoms with Crippen LogP contribution in [0.2, 0.25) is 0 Å². The molecule has 0 unspecified atom stereocenters. The van der Waals surface area contributed by atoms with Gasteiger partial charge >= 0.3 is 0 Å². The van der Waals surface area contributed by atoms with Gasteiger partial charge in [-0.3, -0.25) is 4.79 Å². The van der Waals surface area contributed by atoms with Crippen molar-refractivity contribution in [3.8, 4) is 0 Å². The van der Waals surface area contributed by atoms with Crippen molar-refractivity contribution >= 4 is 5.78 Å². The first-order valence-corrected chi connectivity index (χ1v) is 11.9. The van der Waals surface area contributed by atoms with E-state index in [-0.39, 0.29) is 29.8 Å². The number of ether oxygens (including phenoxy) is 1. The molecule has 0 aromatic carbocycles. The Morgan fingerprint density at radius 1 is 1.13 bits per heavy atom. The molecule has 5 N–H and O–H groups in total. The molecule has 0 amide bonds. The molecular weight excluding hydrogens is 378 g/mol. The molecule has 4 saturated carbocycles. The highest BCUT2D eigenvalue weighted by atomic mass is 16.5. The zero-order valence-corrected chi connectivity index (χ0v) is 18.9. The molecule has 4 aliphatic rings. The van der Waals surface area contributed by atoms with Crippen LogP contribution in [0.15, 0.2) is 12.4 Å². The molecule has 170 valence electrons. The molecule has 4 rings (SSSR count). The van der Waals surface area contributed by atoms with E-state index in [1.807, 2.05) is 14.0 Å². The normalized spacial score (nSPS) is 48.1. The quantitative estimate of drug-likeness (QED) is 0.468. The number of methoxy groups -OCH3 is 1. The fourth-order valence-corrected chi connectivity index (χ4v) is 8.28. The lowest BCUT2D eigenvalue weighted by Crippen LogP contribution is -2.55. The topological polar surface area (TPSA) is 102 Å². The standard InChI is InChI=1S/C24H41N3O3/c1-23(29)8-6-16-15-7-9-24(2)19(17(15)12-22(30-3)18(16)13-23)4-5-20(24)21(28)14-27(26)11-10-25/h10-11,15-20,22,29H,4-9,12-14,25-26H2,1-3H3/b11-10-/t15-,16-,17-,18-,19+,20-,22-,23-,24+/m1/s1. The second-order valence-corrected chi connectivity index (χ2v) is 11.2. The van der Waals surface area contributed by atoms with Gasteiger partial charge in [-0.1, -0.05) is 6.92 Å². The number of Topliss-reactive ketones (excluding diaryl/α,β-unsaturated/α-hetero) is 1. The Bertz CT molecular complexity index is 681. The third-order valence-electron chi connectivity index (χ3n) is 9.57. The summed E-state index contributed by atoms with van der Waals surface area (Å²) in [4.78, 5) is 13.1. The van der Waals surface area contributed by atoms with E-state index < -0.39 is 5.60 Å². The number of nitrogens with zero attached hydrogens (tertiary/aromatic N) is 1. The minimum Gasteiger partial charge on any atom is -0.403 e. The summed E-state index contributed by atoms with van der Waals surface area (Å²) >= 11 is 0. The van der Waals surface area contributed by atoms with Crippen molar-refractivity contribution in [1.29, 1.82) is 0 Å². The second kappa shape index (κ2) is 8.10. The Hall–Kier alpha value is -1.11. The summed E-state index contributed by atoms with van der Waals surface area (Å²) in [6, 6.07) is 0. The van der Waals surface area contributed by atoms with Crippen LogP contribution in [0.1, 0.15) is 65.2 Å². The van der Waals surface area contributed by atoms with Crippen molar-refractivity contribution in [3.05, 3.63) is 12.4 Å². The van der Waals surface area contributed by atoms with Crippen molar-refractivity contribution in [2.24, 2.45) is 52.5 Å². The van der Waals surface area contributed by atoms with E-state index in [1.165, 1.54) is 17.6 Å². The zero-order chi connectivity index (χ0) is 21.7. The molecule has 0 aromatic heterocycles. The number of hydrogen-bond acceptors (Lipinski definition) is 6. The van der Waals surface area contributed by atoms with Gasteiger partial charge in [-0.25, -0.2) is 5.84 Å². The molecule has 0 heterocycles. The van der Waals surface area contributed by atoms with E-state index >= 15 is 0 Å². The summed E-state index contributed by atoms with van der Waals surface area (Å²) in [6.07, 6.45) is 11.6. The summed E-state index contributed by atoms with van der Waals surface area (Å²) in [7, 11) is 1.84. The molecule has 4 aliphatic carbocycles. The maximum absolute atomic E-state index is 13.1. The van der Waals surface area contributed by atoms with Crippen LogP contribution in [0.25, 0.3) is 0 Å². The van der Waals surface area contributed by atoms with Crippen molar-refractivity contribution in [1.82, 2.24) is 5.01 Å². The lowest BCUT2D eigenvalue weighted by atomic mass is 9.48. The van der Waals surface area contributed by atoms with Crippen LogP contribution in [0.4, 0.5) is 0 Å². The molecule has 0 aromatic rings. The Morgan fingerprint density at radius 3 is 2.53 bits per heavy atom. The second-order valence-electron chi connectivity index (χ2n) is 11.2. The molecule has 0 radical (unpaired) electrons. The SMILES string of the molecule is CO[C@@H]1C[C@@H]2[C@H](CC[C@]3(C)[C@@H](C(=O)CN(N)/C=C\N)CC[C@@H]23)[C@H]2CC[C@@](C)(O)C[C@H]21. The van der Waals surface area contributed by atoms with Gasteiger partial charge in [-0.2, -0.15) is 0 Å². The van der Waals surface area contributed by atoms with E-state index in [1.54, 1.807) is 6.20 Å². The van der Waals surface area contributed by atoms with Gasteiger partial charge in [0, 0.05) is 25.4 Å². The molecule has 0 bridgehead atoms. The fourth-order valence-electron chi connectivity index (χ4n) is 8.28. The number of ketones is 1. The van der Waals surface area contributed by atoms with Gasteiger partial charge < -0.3 is 20.6 Å². The number of hydrogen-bond donors (Lipinski definition) is 3. The Balaban J connectivity index is 1.53. The highest BCUT2D eigenvalue weighted by molar-refractivity contribution is 5.84. The first-order valence-electron chi connectivity index (χ1n) is 11.9. The van der Waals surface area contributed by atoms with Gasteiger partial charge in [0.05, 0.1) is 18.2 Å². The average Bonchev–Trinajstić information content (AvgIpc) is 3.04. The molecule has 4 fully saturated rings. The minimum atomic E-state index is -0.551. The number of rotatable bonds is 5. The number of carbonyl (C=O) groups is 1. The third kappa shape index (κ3) is 3.69. The predicted octanol–water partition coefficient (Wildman–Crippen LogP) is 2.81. The Kier molecular flexibility index (Phi) is 5.97. The van der Waals surface area contributed by atoms with E-state index in [4.69, 9.17) is 16.3 Å². The van der Waals surface area contributed by atoms with E-state index in [9.17, 15) is 9.90 Å². The molecule has 9 atom stereocenters. The highest BCUT2D eigenvalue weighted by Crippen LogP contribution is 2.64. The summed E-state index contributed by atoms with van der Waals surface area (Å²) in [5.41, 5.74) is 4.94. The average molecular weight is 420 g/mol. The molecule has 30 heavy (non-hydrogen) atoms. The zero-order valence-electron chi connectivity index (χ0n) is 18.9. The number of hydrazine groups is 1. The van der Waals surface area contributed by atoms with Crippen molar-refractivity contribution in [2.45, 2.75) is 76.9 Å². The molecular formula is C24H41N3O3. The number of nitrogens with two attached hydrogens (primary N) is 2. The van der Waals surface area contributed by atoms with Crippen LogP contribution in [-0.2, 0) is 9.53 Å². The smallest absolute Gasteiger partial charge is 0.157 e. The minimum absolute atomic E-state index is 0.0663. The first kappa shape index (κ1) is 22.1. The predicted molar refractivity (Wildman–Crippen MR) is 117 cm³/mol. The number of aliphatic hydroxyl groups is 1. The van der Waals surface area contributed by atoms with Gasteiger partial charge in [-0.05, 0) is 93.3 Å². The fraction of sp³-hybridized carbons (Fsp3) is 0.875. The Morgan fingerprint density at radius 2 is 1.83 bits per heavy atom. The van der Waals surface area contributed by atoms with Gasteiger partial charge in [-0.15, -0.1) is 0 Å². The van der Waals surface area contributed by atoms with E-state index in [0.717, 1.165) is 50.9 Å². The van der Waals surface area contributed by atoms with Crippen LogP contribution in [0.3, 0.4) is 0 Å². The van der Waals surface area contributed by atoms with Gasteiger partial charge in [0.2, 0.25) is 0 Å². The summed E-state index contributed by atoms with van der Waals surface area (Å²) < 4.78 is 6.02. The lowest BCUT2D eigenvalue weighted by Gasteiger charge is -2.58. The molecule has 6 nitrogen and oxygen atoms in total. The first-order chi connectivity index (χ1) is 14.2. The largest absolute Gasteiger partial charge is 0.403 e. The highest BCUT2D eigenvalue weighted by Gasteiger charge is 2.60.